The second kappa shape index (κ2) is 6.99. The van der Waals surface area contributed by atoms with Gasteiger partial charge in [0.05, 0.1) is 5.69 Å². The molecule has 0 aliphatic carbocycles. The monoisotopic (exact) mass is 381 g/mol. The third kappa shape index (κ3) is 3.34. The number of aryl methyl sites for hydroxylation is 1. The van der Waals surface area contributed by atoms with Crippen molar-refractivity contribution in [1.29, 1.82) is 0 Å². The van der Waals surface area contributed by atoms with Crippen LogP contribution in [-0.4, -0.2) is 35.9 Å². The van der Waals surface area contributed by atoms with Crippen molar-refractivity contribution in [3.05, 3.63) is 77.9 Å². The van der Waals surface area contributed by atoms with Gasteiger partial charge in [-0.3, -0.25) is 4.79 Å². The Bertz CT molecular complexity index is 1170. The number of aromatic nitrogens is 6. The molecule has 2 heterocycles. The predicted octanol–water partition coefficient (Wildman–Crippen LogP) is 2.69. The number of rotatable bonds is 4. The maximum absolute atomic E-state index is 14.1. The number of benzene rings is 2. The molecule has 0 radical (unpaired) electrons. The van der Waals surface area contributed by atoms with Crippen LogP contribution in [0.25, 0.3) is 11.4 Å². The second-order valence-electron chi connectivity index (χ2n) is 5.88. The first kappa shape index (κ1) is 17.5. The smallest absolute Gasteiger partial charge is 0.276 e. The first-order valence-corrected chi connectivity index (χ1v) is 8.19. The summed E-state index contributed by atoms with van der Waals surface area (Å²) < 4.78 is 30.1. The van der Waals surface area contributed by atoms with E-state index in [-0.39, 0.29) is 11.4 Å². The maximum atomic E-state index is 14.1. The number of tetrazole rings is 1. The molecule has 0 unspecified atom stereocenters. The van der Waals surface area contributed by atoms with Gasteiger partial charge in [0.15, 0.2) is 11.5 Å². The fourth-order valence-electron chi connectivity index (χ4n) is 2.61. The molecule has 0 fully saturated rings. The lowest BCUT2D eigenvalue weighted by Crippen LogP contribution is -2.14. The topological polar surface area (TPSA) is 90.5 Å². The first-order chi connectivity index (χ1) is 13.5. The van der Waals surface area contributed by atoms with Crippen molar-refractivity contribution >= 4 is 11.6 Å². The molecule has 4 rings (SSSR count). The van der Waals surface area contributed by atoms with E-state index in [1.807, 2.05) is 0 Å². The normalized spacial score (nSPS) is 10.8. The molecule has 1 amide bonds. The summed E-state index contributed by atoms with van der Waals surface area (Å²) in [5.41, 5.74) is 1.05. The van der Waals surface area contributed by atoms with Gasteiger partial charge in [0, 0.05) is 11.9 Å². The van der Waals surface area contributed by atoms with Crippen LogP contribution in [0.5, 0.6) is 0 Å². The number of amides is 1. The Morgan fingerprint density at radius 3 is 2.71 bits per heavy atom. The van der Waals surface area contributed by atoms with Gasteiger partial charge in [0.25, 0.3) is 5.91 Å². The van der Waals surface area contributed by atoms with Crippen LogP contribution in [-0.2, 0) is 0 Å². The number of anilines is 1. The van der Waals surface area contributed by atoms with Gasteiger partial charge in [0.2, 0.25) is 0 Å². The Labute approximate surface area is 157 Å². The van der Waals surface area contributed by atoms with Crippen molar-refractivity contribution in [1.82, 2.24) is 30.0 Å². The number of halogens is 2. The van der Waals surface area contributed by atoms with E-state index in [0.717, 1.165) is 0 Å². The first-order valence-electron chi connectivity index (χ1n) is 8.19. The Balaban J connectivity index is 1.57. The molecule has 140 valence electrons. The Morgan fingerprint density at radius 1 is 1.11 bits per heavy atom. The van der Waals surface area contributed by atoms with Crippen LogP contribution in [0.2, 0.25) is 0 Å². The standard InChI is InChI=1S/C18H13F2N7O/c1-11-22-24-25-27(11)17-10-13(5-6-15(17)20)21-18(28)16-7-8-26(23-16)14-4-2-3-12(19)9-14/h2-10H,1H3,(H,21,28). The number of carbonyl (C=O) groups is 1. The van der Waals surface area contributed by atoms with Crippen LogP contribution in [0.1, 0.15) is 16.3 Å². The summed E-state index contributed by atoms with van der Waals surface area (Å²) in [6, 6.07) is 11.4. The van der Waals surface area contributed by atoms with Crippen molar-refractivity contribution in [3.63, 3.8) is 0 Å². The lowest BCUT2D eigenvalue weighted by atomic mass is 10.2. The molecule has 1 N–H and O–H groups in total. The van der Waals surface area contributed by atoms with Crippen molar-refractivity contribution in [2.24, 2.45) is 0 Å². The van der Waals surface area contributed by atoms with Crippen LogP contribution < -0.4 is 5.32 Å². The molecule has 2 aromatic carbocycles. The van der Waals surface area contributed by atoms with Gasteiger partial charge >= 0.3 is 0 Å². The Morgan fingerprint density at radius 2 is 1.96 bits per heavy atom. The van der Waals surface area contributed by atoms with Crippen molar-refractivity contribution in [3.8, 4) is 11.4 Å². The van der Waals surface area contributed by atoms with Gasteiger partial charge in [-0.15, -0.1) is 5.10 Å². The summed E-state index contributed by atoms with van der Waals surface area (Å²) in [6.07, 6.45) is 1.55. The van der Waals surface area contributed by atoms with E-state index in [0.29, 0.717) is 17.2 Å². The van der Waals surface area contributed by atoms with Crippen LogP contribution in [0, 0.1) is 18.6 Å². The molecule has 8 nitrogen and oxygen atoms in total. The van der Waals surface area contributed by atoms with Gasteiger partial charge < -0.3 is 5.32 Å². The molecule has 0 aliphatic heterocycles. The molecule has 2 aromatic heterocycles. The maximum Gasteiger partial charge on any atom is 0.276 e. The summed E-state index contributed by atoms with van der Waals surface area (Å²) in [5.74, 6) is -1.04. The summed E-state index contributed by atoms with van der Waals surface area (Å²) in [7, 11) is 0. The highest BCUT2D eigenvalue weighted by Crippen LogP contribution is 2.19. The van der Waals surface area contributed by atoms with Crippen LogP contribution >= 0.6 is 0 Å². The molecule has 4 aromatic rings. The minimum Gasteiger partial charge on any atom is -0.321 e. The summed E-state index contributed by atoms with van der Waals surface area (Å²) in [6.45, 7) is 1.63. The number of nitrogens with one attached hydrogen (secondary N) is 1. The average molecular weight is 381 g/mol. The van der Waals surface area contributed by atoms with E-state index in [9.17, 15) is 13.6 Å². The van der Waals surface area contributed by atoms with Crippen molar-refractivity contribution in [2.75, 3.05) is 5.32 Å². The molecule has 10 heteroatoms. The van der Waals surface area contributed by atoms with Crippen LogP contribution in [0.3, 0.4) is 0 Å². The molecular formula is C18H13F2N7O. The summed E-state index contributed by atoms with van der Waals surface area (Å²) in [4.78, 5) is 12.5. The minimum absolute atomic E-state index is 0.102. The fourth-order valence-corrected chi connectivity index (χ4v) is 2.61. The number of nitrogens with zero attached hydrogens (tertiary/aromatic N) is 6. The molecule has 0 bridgehead atoms. The number of hydrogen-bond donors (Lipinski definition) is 1. The average Bonchev–Trinajstić information content (AvgIpc) is 3.33. The van der Waals surface area contributed by atoms with Gasteiger partial charge in [0.1, 0.15) is 17.3 Å². The fraction of sp³-hybridized carbons (Fsp3) is 0.0556. The SMILES string of the molecule is Cc1nnnn1-c1cc(NC(=O)c2ccn(-c3cccc(F)c3)n2)ccc1F. The van der Waals surface area contributed by atoms with Gasteiger partial charge in [-0.2, -0.15) is 9.78 Å². The largest absolute Gasteiger partial charge is 0.321 e. The van der Waals surface area contributed by atoms with Gasteiger partial charge in [-0.1, -0.05) is 6.07 Å². The highest BCUT2D eigenvalue weighted by molar-refractivity contribution is 6.02. The van der Waals surface area contributed by atoms with Gasteiger partial charge in [-0.25, -0.2) is 13.5 Å². The van der Waals surface area contributed by atoms with Crippen LogP contribution in [0.4, 0.5) is 14.5 Å². The zero-order valence-electron chi connectivity index (χ0n) is 14.5. The van der Waals surface area contributed by atoms with E-state index in [2.05, 4.69) is 25.9 Å². The molecule has 0 atom stereocenters. The summed E-state index contributed by atoms with van der Waals surface area (Å²) in [5, 5.41) is 17.7. The lowest BCUT2D eigenvalue weighted by molar-refractivity contribution is 0.102. The highest BCUT2D eigenvalue weighted by Gasteiger charge is 2.14. The summed E-state index contributed by atoms with van der Waals surface area (Å²) >= 11 is 0. The highest BCUT2D eigenvalue weighted by atomic mass is 19.1. The zero-order valence-corrected chi connectivity index (χ0v) is 14.5. The van der Waals surface area contributed by atoms with E-state index in [1.165, 1.54) is 45.8 Å². The molecule has 0 saturated heterocycles. The second-order valence-corrected chi connectivity index (χ2v) is 5.88. The molecule has 0 aliphatic rings. The lowest BCUT2D eigenvalue weighted by Gasteiger charge is -2.08. The Kier molecular flexibility index (Phi) is 4.36. The Hall–Kier alpha value is -3.95. The predicted molar refractivity (Wildman–Crippen MR) is 95.3 cm³/mol. The zero-order chi connectivity index (χ0) is 19.7. The van der Waals surface area contributed by atoms with Crippen LogP contribution in [0.15, 0.2) is 54.7 Å². The molecule has 0 spiro atoms. The van der Waals surface area contributed by atoms with E-state index in [4.69, 9.17) is 0 Å². The minimum atomic E-state index is -0.538. The molecular weight excluding hydrogens is 368 g/mol. The van der Waals surface area contributed by atoms with E-state index < -0.39 is 17.5 Å². The quantitative estimate of drug-likeness (QED) is 0.587. The van der Waals surface area contributed by atoms with E-state index in [1.54, 1.807) is 25.3 Å². The third-order valence-corrected chi connectivity index (χ3v) is 3.95. The third-order valence-electron chi connectivity index (χ3n) is 3.95. The molecule has 28 heavy (non-hydrogen) atoms. The van der Waals surface area contributed by atoms with Crippen molar-refractivity contribution < 1.29 is 13.6 Å². The van der Waals surface area contributed by atoms with Gasteiger partial charge in [-0.05, 0) is 59.8 Å². The van der Waals surface area contributed by atoms with Crippen molar-refractivity contribution in [2.45, 2.75) is 6.92 Å². The number of carbonyl (C=O) groups excluding carboxylic acids is 1. The number of hydrogen-bond acceptors (Lipinski definition) is 5. The molecule has 0 saturated carbocycles. The van der Waals surface area contributed by atoms with E-state index >= 15 is 0 Å².